The summed E-state index contributed by atoms with van der Waals surface area (Å²) in [5.74, 6) is 0.758. The zero-order chi connectivity index (χ0) is 14.1. The molecule has 2 aliphatic heterocycles. The van der Waals surface area contributed by atoms with Crippen LogP contribution >= 0.6 is 12.4 Å². The lowest BCUT2D eigenvalue weighted by Crippen LogP contribution is -2.39. The Kier molecular flexibility index (Phi) is 5.25. The number of benzene rings is 1. The number of amides is 1. The fourth-order valence-electron chi connectivity index (χ4n) is 3.31. The summed E-state index contributed by atoms with van der Waals surface area (Å²) in [5, 5.41) is 0. The van der Waals surface area contributed by atoms with Gasteiger partial charge in [0, 0.05) is 24.8 Å². The Morgan fingerprint density at radius 2 is 2.14 bits per heavy atom. The first-order valence-corrected chi connectivity index (χ1v) is 7.51. The molecule has 1 amide bonds. The molecule has 2 N–H and O–H groups in total. The number of fused-ring (bicyclic) bond motifs is 1. The maximum Gasteiger partial charge on any atom is 0.241 e. The molecule has 5 heteroatoms. The van der Waals surface area contributed by atoms with Crippen molar-refractivity contribution < 1.29 is 4.79 Å². The van der Waals surface area contributed by atoms with Gasteiger partial charge in [-0.2, -0.15) is 0 Å². The molecule has 1 fully saturated rings. The molecule has 0 aromatic heterocycles. The van der Waals surface area contributed by atoms with Crippen LogP contribution in [-0.2, 0) is 11.2 Å². The van der Waals surface area contributed by atoms with E-state index < -0.39 is 0 Å². The highest BCUT2D eigenvalue weighted by Crippen LogP contribution is 2.28. The van der Waals surface area contributed by atoms with E-state index >= 15 is 0 Å². The Morgan fingerprint density at radius 3 is 2.86 bits per heavy atom. The van der Waals surface area contributed by atoms with Crippen LogP contribution in [0.25, 0.3) is 0 Å². The Bertz CT molecular complexity index is 506. The molecule has 2 heterocycles. The van der Waals surface area contributed by atoms with Crippen LogP contribution in [0.3, 0.4) is 0 Å². The number of carbonyl (C=O) groups is 1. The van der Waals surface area contributed by atoms with Crippen LogP contribution in [0, 0.1) is 5.92 Å². The zero-order valence-electron chi connectivity index (χ0n) is 12.5. The van der Waals surface area contributed by atoms with Crippen molar-refractivity contribution >= 4 is 24.0 Å². The summed E-state index contributed by atoms with van der Waals surface area (Å²) in [6.07, 6.45) is 2.09. The van der Waals surface area contributed by atoms with Crippen molar-refractivity contribution in [2.24, 2.45) is 11.7 Å². The third-order valence-corrected chi connectivity index (χ3v) is 4.60. The van der Waals surface area contributed by atoms with Crippen molar-refractivity contribution in [3.05, 3.63) is 29.8 Å². The topological polar surface area (TPSA) is 49.6 Å². The van der Waals surface area contributed by atoms with E-state index in [1.54, 1.807) is 0 Å². The van der Waals surface area contributed by atoms with E-state index in [0.717, 1.165) is 38.2 Å². The maximum atomic E-state index is 12.5. The monoisotopic (exact) mass is 309 g/mol. The number of nitrogens with zero attached hydrogens (tertiary/aromatic N) is 2. The molecule has 2 aliphatic rings. The van der Waals surface area contributed by atoms with Gasteiger partial charge in [0.15, 0.2) is 0 Å². The SMILES string of the molecule is CC(N)C1CCN(CC(=O)N2CCc3ccccc32)C1.Cl. The molecule has 3 rings (SSSR count). The molecule has 0 aliphatic carbocycles. The highest BCUT2D eigenvalue weighted by atomic mass is 35.5. The standard InChI is InChI=1S/C16H23N3O.ClH/c1-12(17)14-6-8-18(10-14)11-16(20)19-9-7-13-4-2-3-5-15(13)19;/h2-5,12,14H,6-11,17H2,1H3;1H. The maximum absolute atomic E-state index is 12.5. The fourth-order valence-corrected chi connectivity index (χ4v) is 3.31. The number of likely N-dealkylation sites (tertiary alicyclic amines) is 1. The Balaban J connectivity index is 0.00000161. The second-order valence-corrected chi connectivity index (χ2v) is 6.07. The van der Waals surface area contributed by atoms with Gasteiger partial charge in [0.1, 0.15) is 0 Å². The van der Waals surface area contributed by atoms with E-state index in [1.165, 1.54) is 5.56 Å². The number of hydrogen-bond acceptors (Lipinski definition) is 3. The van der Waals surface area contributed by atoms with Crippen LogP contribution in [0.5, 0.6) is 0 Å². The minimum absolute atomic E-state index is 0. The highest BCUT2D eigenvalue weighted by Gasteiger charge is 2.30. The third-order valence-electron chi connectivity index (χ3n) is 4.60. The number of halogens is 1. The van der Waals surface area contributed by atoms with Gasteiger partial charge >= 0.3 is 0 Å². The highest BCUT2D eigenvalue weighted by molar-refractivity contribution is 5.96. The average Bonchev–Trinajstić information content (AvgIpc) is 3.04. The molecular weight excluding hydrogens is 286 g/mol. The van der Waals surface area contributed by atoms with Gasteiger partial charge in [-0.1, -0.05) is 18.2 Å². The van der Waals surface area contributed by atoms with Gasteiger partial charge in [0.2, 0.25) is 5.91 Å². The van der Waals surface area contributed by atoms with Crippen molar-refractivity contribution in [3.8, 4) is 0 Å². The molecule has 21 heavy (non-hydrogen) atoms. The smallest absolute Gasteiger partial charge is 0.241 e. The van der Waals surface area contributed by atoms with E-state index in [4.69, 9.17) is 5.73 Å². The first-order valence-electron chi connectivity index (χ1n) is 7.51. The molecule has 116 valence electrons. The van der Waals surface area contributed by atoms with Gasteiger partial charge in [-0.3, -0.25) is 9.69 Å². The zero-order valence-corrected chi connectivity index (χ0v) is 13.3. The summed E-state index contributed by atoms with van der Waals surface area (Å²) in [6, 6.07) is 8.44. The lowest BCUT2D eigenvalue weighted by molar-refractivity contribution is -0.119. The van der Waals surface area contributed by atoms with E-state index in [0.29, 0.717) is 12.5 Å². The number of carbonyl (C=O) groups excluding carboxylic acids is 1. The largest absolute Gasteiger partial charge is 0.328 e. The van der Waals surface area contributed by atoms with Crippen LogP contribution in [0.2, 0.25) is 0 Å². The molecule has 4 nitrogen and oxygen atoms in total. The lowest BCUT2D eigenvalue weighted by atomic mass is 10.0. The number of hydrogen-bond donors (Lipinski definition) is 1. The molecule has 2 atom stereocenters. The van der Waals surface area contributed by atoms with Gasteiger partial charge in [-0.05, 0) is 43.9 Å². The molecule has 1 aromatic carbocycles. The summed E-state index contributed by atoms with van der Waals surface area (Å²) < 4.78 is 0. The lowest BCUT2D eigenvalue weighted by Gasteiger charge is -2.22. The molecule has 0 bridgehead atoms. The van der Waals surface area contributed by atoms with Crippen molar-refractivity contribution in [1.82, 2.24) is 4.90 Å². The summed E-state index contributed by atoms with van der Waals surface area (Å²) >= 11 is 0. The Hall–Kier alpha value is -1.10. The average molecular weight is 310 g/mol. The second kappa shape index (κ2) is 6.77. The van der Waals surface area contributed by atoms with Crippen molar-refractivity contribution in [1.29, 1.82) is 0 Å². The van der Waals surface area contributed by atoms with E-state index in [2.05, 4.69) is 24.0 Å². The first kappa shape index (κ1) is 16.3. The normalized spacial score (nSPS) is 22.8. The quantitative estimate of drug-likeness (QED) is 0.924. The minimum atomic E-state index is 0. The molecule has 0 saturated carbocycles. The number of rotatable bonds is 3. The summed E-state index contributed by atoms with van der Waals surface area (Å²) in [7, 11) is 0. The van der Waals surface area contributed by atoms with Crippen LogP contribution in [-0.4, -0.2) is 43.0 Å². The van der Waals surface area contributed by atoms with Gasteiger partial charge in [0.25, 0.3) is 0 Å². The van der Waals surface area contributed by atoms with Gasteiger partial charge in [-0.15, -0.1) is 12.4 Å². The molecule has 0 radical (unpaired) electrons. The van der Waals surface area contributed by atoms with Gasteiger partial charge in [-0.25, -0.2) is 0 Å². The van der Waals surface area contributed by atoms with Crippen molar-refractivity contribution in [2.45, 2.75) is 25.8 Å². The Morgan fingerprint density at radius 1 is 1.38 bits per heavy atom. The third kappa shape index (κ3) is 3.39. The van der Waals surface area contributed by atoms with E-state index in [9.17, 15) is 4.79 Å². The van der Waals surface area contributed by atoms with Crippen LogP contribution < -0.4 is 10.6 Å². The predicted molar refractivity (Wildman–Crippen MR) is 87.9 cm³/mol. The first-order chi connectivity index (χ1) is 9.65. The molecule has 1 aromatic rings. The van der Waals surface area contributed by atoms with Crippen molar-refractivity contribution in [3.63, 3.8) is 0 Å². The summed E-state index contributed by atoms with van der Waals surface area (Å²) in [5.41, 5.74) is 8.34. The minimum Gasteiger partial charge on any atom is -0.328 e. The fraction of sp³-hybridized carbons (Fsp3) is 0.562. The molecule has 0 spiro atoms. The van der Waals surface area contributed by atoms with Crippen LogP contribution in [0.1, 0.15) is 18.9 Å². The van der Waals surface area contributed by atoms with Gasteiger partial charge < -0.3 is 10.6 Å². The van der Waals surface area contributed by atoms with Gasteiger partial charge in [0.05, 0.1) is 6.54 Å². The van der Waals surface area contributed by atoms with E-state index in [1.807, 2.05) is 17.0 Å². The second-order valence-electron chi connectivity index (χ2n) is 6.07. The molecule has 1 saturated heterocycles. The molecular formula is C16H24ClN3O. The van der Waals surface area contributed by atoms with Crippen molar-refractivity contribution in [2.75, 3.05) is 31.1 Å². The number of nitrogens with two attached hydrogens (primary N) is 1. The Labute approximate surface area is 132 Å². The number of para-hydroxylation sites is 1. The number of anilines is 1. The predicted octanol–water partition coefficient (Wildman–Crippen LogP) is 1.67. The van der Waals surface area contributed by atoms with Crippen LogP contribution in [0.4, 0.5) is 5.69 Å². The summed E-state index contributed by atoms with van der Waals surface area (Å²) in [4.78, 5) is 16.7. The van der Waals surface area contributed by atoms with Crippen LogP contribution in [0.15, 0.2) is 24.3 Å². The summed E-state index contributed by atoms with van der Waals surface area (Å²) in [6.45, 7) is 5.36. The van der Waals surface area contributed by atoms with E-state index in [-0.39, 0.29) is 24.4 Å². The molecule has 2 unspecified atom stereocenters.